The van der Waals surface area contributed by atoms with E-state index in [1.54, 1.807) is 4.90 Å². The monoisotopic (exact) mass is 688 g/mol. The number of nitrogens with zero attached hydrogens (tertiary/aromatic N) is 4. The Balaban J connectivity index is 1.04. The van der Waals surface area contributed by atoms with Crippen LogP contribution in [0.3, 0.4) is 0 Å². The van der Waals surface area contributed by atoms with Crippen molar-refractivity contribution < 1.29 is 19.1 Å². The summed E-state index contributed by atoms with van der Waals surface area (Å²) >= 11 is 0. The smallest absolute Gasteiger partial charge is 0.410 e. The molecule has 0 aliphatic carbocycles. The van der Waals surface area contributed by atoms with E-state index >= 15 is 0 Å². The maximum atomic E-state index is 13.0. The predicted octanol–water partition coefficient (Wildman–Crippen LogP) is 9.68. The van der Waals surface area contributed by atoms with E-state index in [1.807, 2.05) is 58.7 Å². The Bertz CT molecular complexity index is 2030. The van der Waals surface area contributed by atoms with E-state index in [2.05, 4.69) is 82.5 Å². The molecule has 0 saturated carbocycles. The predicted molar refractivity (Wildman–Crippen MR) is 199 cm³/mol. The number of hydrogen-bond acceptors (Lipinski definition) is 6. The van der Waals surface area contributed by atoms with Gasteiger partial charge in [-0.3, -0.25) is 9.80 Å². The van der Waals surface area contributed by atoms with Gasteiger partial charge < -0.3 is 19.4 Å². The normalized spacial score (nSPS) is 19.5. The van der Waals surface area contributed by atoms with Gasteiger partial charge in [0.2, 0.25) is 0 Å². The topological polar surface area (TPSA) is 116 Å². The van der Waals surface area contributed by atoms with Crippen molar-refractivity contribution in [3.05, 3.63) is 84.6 Å². The van der Waals surface area contributed by atoms with Gasteiger partial charge in [0.15, 0.2) is 0 Å². The van der Waals surface area contributed by atoms with Gasteiger partial charge in [0.25, 0.3) is 0 Å². The number of carbonyl (C=O) groups is 2. The van der Waals surface area contributed by atoms with Crippen LogP contribution in [0.25, 0.3) is 44.5 Å². The molecule has 10 nitrogen and oxygen atoms in total. The third-order valence-electron chi connectivity index (χ3n) is 9.65. The lowest BCUT2D eigenvalue weighted by Gasteiger charge is -2.28. The molecular weight excluding hydrogens is 640 g/mol. The number of amides is 2. The zero-order chi connectivity index (χ0) is 36.1. The van der Waals surface area contributed by atoms with Crippen LogP contribution in [0.5, 0.6) is 0 Å². The van der Waals surface area contributed by atoms with Gasteiger partial charge in [-0.25, -0.2) is 19.6 Å². The number of nitrogens with one attached hydrogen (secondary N) is 2. The molecule has 51 heavy (non-hydrogen) atoms. The number of ether oxygens (including phenoxy) is 2. The van der Waals surface area contributed by atoms with Crippen molar-refractivity contribution in [1.82, 2.24) is 29.7 Å². The first-order valence-electron chi connectivity index (χ1n) is 18.0. The maximum absolute atomic E-state index is 13.0. The molecule has 10 heteroatoms. The molecule has 2 aliphatic heterocycles. The zero-order valence-electron chi connectivity index (χ0n) is 30.6. The molecule has 266 valence electrons. The summed E-state index contributed by atoms with van der Waals surface area (Å²) in [5, 5.41) is 0. The van der Waals surface area contributed by atoms with Crippen molar-refractivity contribution in [2.75, 3.05) is 13.1 Å². The van der Waals surface area contributed by atoms with E-state index in [0.29, 0.717) is 13.1 Å². The summed E-state index contributed by atoms with van der Waals surface area (Å²) in [5.74, 6) is 1.85. The maximum Gasteiger partial charge on any atom is 0.410 e. The molecule has 3 atom stereocenters. The average molecular weight is 689 g/mol. The van der Waals surface area contributed by atoms with E-state index < -0.39 is 11.2 Å². The first-order chi connectivity index (χ1) is 24.2. The molecule has 0 radical (unpaired) electrons. The fraction of sp³-hybridized carbons (Fsp3) is 0.415. The Kier molecular flexibility index (Phi) is 8.89. The lowest BCUT2D eigenvalue weighted by molar-refractivity contribution is 0.0197. The highest BCUT2D eigenvalue weighted by molar-refractivity contribution is 5.83. The number of aromatic nitrogens is 4. The summed E-state index contributed by atoms with van der Waals surface area (Å²) in [7, 11) is 0. The largest absolute Gasteiger partial charge is 0.444 e. The molecule has 0 bridgehead atoms. The highest BCUT2D eigenvalue weighted by atomic mass is 16.6. The quantitative estimate of drug-likeness (QED) is 0.190. The number of benzene rings is 3. The van der Waals surface area contributed by atoms with Crippen LogP contribution >= 0.6 is 0 Å². The minimum Gasteiger partial charge on any atom is -0.444 e. The Morgan fingerprint density at radius 3 is 1.90 bits per heavy atom. The molecule has 7 rings (SSSR count). The van der Waals surface area contributed by atoms with E-state index in [0.717, 1.165) is 75.5 Å². The Hall–Kier alpha value is -5.12. The number of hydrogen-bond donors (Lipinski definition) is 2. The number of aromatic amines is 2. The zero-order valence-corrected chi connectivity index (χ0v) is 30.6. The molecule has 0 spiro atoms. The van der Waals surface area contributed by atoms with E-state index in [1.165, 1.54) is 0 Å². The Morgan fingerprint density at radius 1 is 0.706 bits per heavy atom. The van der Waals surface area contributed by atoms with Crippen LogP contribution in [0.1, 0.15) is 91.5 Å². The molecular formula is C41H48N6O4. The summed E-state index contributed by atoms with van der Waals surface area (Å²) in [6.45, 7) is 14.8. The van der Waals surface area contributed by atoms with Crippen molar-refractivity contribution in [3.8, 4) is 33.5 Å². The van der Waals surface area contributed by atoms with Crippen LogP contribution in [0.2, 0.25) is 0 Å². The van der Waals surface area contributed by atoms with Crippen molar-refractivity contribution in [3.63, 3.8) is 0 Å². The number of H-pyrrole nitrogens is 2. The van der Waals surface area contributed by atoms with Crippen LogP contribution in [0.4, 0.5) is 9.59 Å². The van der Waals surface area contributed by atoms with Gasteiger partial charge in [0.05, 0.1) is 35.0 Å². The third-order valence-corrected chi connectivity index (χ3v) is 9.65. The van der Waals surface area contributed by atoms with E-state index in [4.69, 9.17) is 14.5 Å². The number of fused-ring (bicyclic) bond motifs is 1. The lowest BCUT2D eigenvalue weighted by Crippen LogP contribution is -2.37. The summed E-state index contributed by atoms with van der Waals surface area (Å²) in [4.78, 5) is 45.9. The van der Waals surface area contributed by atoms with Crippen LogP contribution in [-0.2, 0) is 9.47 Å². The number of imidazole rings is 2. The molecule has 4 heterocycles. The molecule has 2 aromatic heterocycles. The lowest BCUT2D eigenvalue weighted by atomic mass is 9.99. The Morgan fingerprint density at radius 2 is 1.27 bits per heavy atom. The second-order valence-corrected chi connectivity index (χ2v) is 15.9. The summed E-state index contributed by atoms with van der Waals surface area (Å²) in [6.07, 6.45) is 3.93. The van der Waals surface area contributed by atoms with Gasteiger partial charge in [-0.2, -0.15) is 0 Å². The minimum absolute atomic E-state index is 0.118. The van der Waals surface area contributed by atoms with Crippen LogP contribution < -0.4 is 0 Å². The first kappa shape index (κ1) is 34.3. The molecule has 2 aliphatic rings. The Labute approximate surface area is 299 Å². The molecule has 2 amide bonds. The van der Waals surface area contributed by atoms with Crippen molar-refractivity contribution >= 4 is 23.2 Å². The van der Waals surface area contributed by atoms with Gasteiger partial charge in [-0.1, -0.05) is 61.5 Å². The van der Waals surface area contributed by atoms with E-state index in [9.17, 15) is 9.59 Å². The minimum atomic E-state index is -0.551. The van der Waals surface area contributed by atoms with Crippen LogP contribution in [-0.4, -0.2) is 66.2 Å². The van der Waals surface area contributed by atoms with Crippen molar-refractivity contribution in [1.29, 1.82) is 0 Å². The third kappa shape index (κ3) is 7.36. The summed E-state index contributed by atoms with van der Waals surface area (Å²) < 4.78 is 11.3. The van der Waals surface area contributed by atoms with Gasteiger partial charge in [-0.15, -0.1) is 0 Å². The first-order valence-corrected chi connectivity index (χ1v) is 18.0. The molecule has 0 unspecified atom stereocenters. The highest BCUT2D eigenvalue weighted by Crippen LogP contribution is 2.38. The summed E-state index contributed by atoms with van der Waals surface area (Å²) in [5.41, 5.74) is 7.11. The second kappa shape index (κ2) is 13.2. The molecule has 3 aromatic carbocycles. The van der Waals surface area contributed by atoms with Gasteiger partial charge >= 0.3 is 12.2 Å². The molecule has 2 saturated heterocycles. The standard InChI is InChI=1S/C41H48N6O4/c1-25-20-22-47(39(49)51-41(5,6)7)35(25)37-43-31-19-18-30(23-32(31)44-37)28-12-10-26(11-13-28)27-14-16-29(17-15-27)33-24-42-36(45-33)34-9-8-21-46(34)38(48)50-40(2,3)4/h10-19,23-25,34-35H,8-9,20-22H2,1-7H3,(H,42,45)(H,43,44)/t25-,34+,35+/m1/s1. The van der Waals surface area contributed by atoms with Gasteiger partial charge in [-0.05, 0) is 107 Å². The average Bonchev–Trinajstić information content (AvgIpc) is 3.88. The molecule has 2 fully saturated rings. The van der Waals surface area contributed by atoms with Crippen molar-refractivity contribution in [2.45, 2.75) is 91.0 Å². The van der Waals surface area contributed by atoms with Gasteiger partial charge in [0, 0.05) is 13.1 Å². The fourth-order valence-corrected chi connectivity index (χ4v) is 7.18. The number of likely N-dealkylation sites (tertiary alicyclic amines) is 2. The van der Waals surface area contributed by atoms with Crippen LogP contribution in [0, 0.1) is 5.92 Å². The number of rotatable bonds is 5. The number of carbonyl (C=O) groups excluding carboxylic acids is 2. The van der Waals surface area contributed by atoms with Gasteiger partial charge in [0.1, 0.15) is 22.9 Å². The van der Waals surface area contributed by atoms with E-state index in [-0.39, 0.29) is 30.2 Å². The second-order valence-electron chi connectivity index (χ2n) is 15.9. The van der Waals surface area contributed by atoms with Crippen LogP contribution in [0.15, 0.2) is 72.9 Å². The summed E-state index contributed by atoms with van der Waals surface area (Å²) in [6, 6.07) is 23.0. The van der Waals surface area contributed by atoms with Crippen molar-refractivity contribution in [2.24, 2.45) is 5.92 Å². The molecule has 2 N–H and O–H groups in total. The SMILES string of the molecule is C[C@@H]1CCN(C(=O)OC(C)(C)C)[C@@H]1c1nc2ccc(-c3ccc(-c4ccc(-c5cnc([C@@H]6CCCN6C(=O)OC(C)(C)C)[nH]5)cc4)cc3)cc2[nH]1. The molecule has 5 aromatic rings. The highest BCUT2D eigenvalue weighted by Gasteiger charge is 2.40. The fourth-order valence-electron chi connectivity index (χ4n) is 7.18.